The first kappa shape index (κ1) is 14.4. The van der Waals surface area contributed by atoms with Crippen LogP contribution in [0.25, 0.3) is 0 Å². The first-order chi connectivity index (χ1) is 8.89. The van der Waals surface area contributed by atoms with Gasteiger partial charge in [0.05, 0.1) is 12.1 Å². The molecule has 0 atom stereocenters. The Morgan fingerprint density at radius 3 is 2.58 bits per heavy atom. The van der Waals surface area contributed by atoms with Gasteiger partial charge >= 0.3 is 10.0 Å². The van der Waals surface area contributed by atoms with Crippen molar-refractivity contribution in [1.82, 2.24) is 5.32 Å². The second-order valence-electron chi connectivity index (χ2n) is 3.98. The van der Waals surface area contributed by atoms with Crippen molar-refractivity contribution in [2.45, 2.75) is 11.8 Å². The average Bonchev–Trinajstić information content (AvgIpc) is 2.79. The highest BCUT2D eigenvalue weighted by molar-refractivity contribution is 7.85. The van der Waals surface area contributed by atoms with Crippen molar-refractivity contribution in [3.63, 3.8) is 0 Å². The molecule has 0 amide bonds. The van der Waals surface area contributed by atoms with Crippen LogP contribution in [0.3, 0.4) is 0 Å². The average molecular weight is 324 g/mol. The highest BCUT2D eigenvalue weighted by Gasteiger charge is 2.34. The predicted octanol–water partition coefficient (Wildman–Crippen LogP) is 1.72. The summed E-state index contributed by atoms with van der Waals surface area (Å²) in [7, 11) is -2.35. The van der Waals surface area contributed by atoms with Gasteiger partial charge in [0, 0.05) is 6.92 Å². The van der Waals surface area contributed by atoms with E-state index in [-0.39, 0.29) is 20.7 Å². The summed E-state index contributed by atoms with van der Waals surface area (Å²) < 4.78 is 31.5. The van der Waals surface area contributed by atoms with E-state index in [1.807, 2.05) is 0 Å². The van der Waals surface area contributed by atoms with E-state index in [1.54, 1.807) is 6.92 Å². The molecule has 104 valence electrons. The van der Waals surface area contributed by atoms with Crippen molar-refractivity contribution in [2.75, 3.05) is 20.2 Å². The molecule has 0 fully saturated rings. The summed E-state index contributed by atoms with van der Waals surface area (Å²) in [5.74, 6) is 0.641. The maximum Gasteiger partial charge on any atom is 0.334 e. The van der Waals surface area contributed by atoms with Crippen LogP contribution in [-0.4, -0.2) is 38.4 Å². The van der Waals surface area contributed by atoms with E-state index < -0.39 is 10.0 Å². The normalized spacial score (nSPS) is 15.6. The number of nitrogens with zero attached hydrogens (tertiary/aromatic N) is 1. The number of rotatable bonds is 3. The monoisotopic (exact) mass is 323 g/mol. The standard InChI is InChI=1S/C11H12Cl2N2O3S/c1-7-14-5-6-15(7)19(16,17)9-4-3-8(12)10(13)11(9)18-2/h3-4H,5-6H2,1-2H3/p+1. The number of nitrogens with one attached hydrogen (secondary N) is 1. The Morgan fingerprint density at radius 1 is 1.37 bits per heavy atom. The molecule has 8 heteroatoms. The lowest BCUT2D eigenvalue weighted by atomic mass is 10.3. The molecule has 1 heterocycles. The van der Waals surface area contributed by atoms with Crippen molar-refractivity contribution in [2.24, 2.45) is 0 Å². The molecular weight excluding hydrogens is 311 g/mol. The summed E-state index contributed by atoms with van der Waals surface area (Å²) in [5.41, 5.74) is 0. The summed E-state index contributed by atoms with van der Waals surface area (Å²) in [6, 6.07) is 2.84. The molecule has 0 saturated heterocycles. The van der Waals surface area contributed by atoms with Gasteiger partial charge in [-0.3, -0.25) is 5.32 Å². The fraction of sp³-hybridized carbons (Fsp3) is 0.364. The zero-order valence-corrected chi connectivity index (χ0v) is 12.7. The highest BCUT2D eigenvalue weighted by Crippen LogP contribution is 2.38. The van der Waals surface area contributed by atoms with Crippen LogP contribution in [-0.2, 0) is 10.0 Å². The van der Waals surface area contributed by atoms with Crippen molar-refractivity contribution in [3.8, 4) is 5.75 Å². The zero-order valence-electron chi connectivity index (χ0n) is 10.4. The Balaban J connectivity index is 2.66. The van der Waals surface area contributed by atoms with E-state index in [4.69, 9.17) is 27.9 Å². The second kappa shape index (κ2) is 5.19. The van der Waals surface area contributed by atoms with Gasteiger partial charge in [0.15, 0.2) is 10.6 Å². The van der Waals surface area contributed by atoms with E-state index in [2.05, 4.69) is 5.32 Å². The maximum absolute atomic E-state index is 12.6. The lowest BCUT2D eigenvalue weighted by Crippen LogP contribution is -2.25. The van der Waals surface area contributed by atoms with Gasteiger partial charge in [0.25, 0.3) is 5.84 Å². The number of sulfonamides is 1. The fourth-order valence-corrected chi connectivity index (χ4v) is 4.02. The van der Waals surface area contributed by atoms with Gasteiger partial charge < -0.3 is 4.74 Å². The fourth-order valence-electron chi connectivity index (χ4n) is 1.92. The van der Waals surface area contributed by atoms with Gasteiger partial charge in [-0.25, -0.2) is 0 Å². The number of methoxy groups -OCH3 is 1. The van der Waals surface area contributed by atoms with Gasteiger partial charge in [-0.15, -0.1) is 3.98 Å². The quantitative estimate of drug-likeness (QED) is 0.860. The van der Waals surface area contributed by atoms with Crippen LogP contribution in [0.2, 0.25) is 10.0 Å². The van der Waals surface area contributed by atoms with E-state index >= 15 is 0 Å². The minimum Gasteiger partial charge on any atom is -0.494 e. The van der Waals surface area contributed by atoms with Crippen LogP contribution >= 0.6 is 23.2 Å². The highest BCUT2D eigenvalue weighted by atomic mass is 35.5. The van der Waals surface area contributed by atoms with E-state index in [0.29, 0.717) is 18.9 Å². The molecule has 0 spiro atoms. The van der Waals surface area contributed by atoms with Crippen molar-refractivity contribution in [3.05, 3.63) is 22.2 Å². The Labute approximate surface area is 121 Å². The lowest BCUT2D eigenvalue weighted by Gasteiger charge is -2.11. The third-order valence-electron chi connectivity index (χ3n) is 2.86. The first-order valence-corrected chi connectivity index (χ1v) is 7.71. The molecule has 1 aliphatic rings. The van der Waals surface area contributed by atoms with E-state index in [9.17, 15) is 8.42 Å². The third-order valence-corrected chi connectivity index (χ3v) is 5.56. The molecule has 0 bridgehead atoms. The number of benzene rings is 1. The smallest absolute Gasteiger partial charge is 0.334 e. The molecule has 0 saturated carbocycles. The van der Waals surface area contributed by atoms with Crippen LogP contribution in [0.4, 0.5) is 0 Å². The molecule has 0 unspecified atom stereocenters. The van der Waals surface area contributed by atoms with Crippen LogP contribution in [0.1, 0.15) is 6.92 Å². The molecule has 5 nitrogen and oxygen atoms in total. The van der Waals surface area contributed by atoms with Crippen LogP contribution in [0.15, 0.2) is 17.0 Å². The molecule has 1 aliphatic heterocycles. The van der Waals surface area contributed by atoms with Crippen LogP contribution in [0.5, 0.6) is 5.75 Å². The van der Waals surface area contributed by atoms with E-state index in [1.165, 1.54) is 23.2 Å². The summed E-state index contributed by atoms with van der Waals surface area (Å²) >= 11 is 11.9. The van der Waals surface area contributed by atoms with Crippen LogP contribution < -0.4 is 10.1 Å². The molecular formula is C11H13Cl2N2O3S+. The van der Waals surface area contributed by atoms with Crippen molar-refractivity contribution in [1.29, 1.82) is 0 Å². The molecule has 19 heavy (non-hydrogen) atoms. The molecule has 2 rings (SSSR count). The first-order valence-electron chi connectivity index (χ1n) is 5.51. The summed E-state index contributed by atoms with van der Waals surface area (Å²) in [6.07, 6.45) is 0. The Bertz CT molecular complexity index is 656. The largest absolute Gasteiger partial charge is 0.494 e. The Kier molecular flexibility index (Phi) is 3.94. The number of hydrogen-bond acceptors (Lipinski definition) is 4. The van der Waals surface area contributed by atoms with Gasteiger partial charge in [0.1, 0.15) is 18.1 Å². The Morgan fingerprint density at radius 2 is 2.05 bits per heavy atom. The maximum atomic E-state index is 12.6. The van der Waals surface area contributed by atoms with Crippen molar-refractivity contribution < 1.29 is 17.1 Å². The van der Waals surface area contributed by atoms with Crippen LogP contribution in [0, 0.1) is 0 Å². The molecule has 1 aromatic carbocycles. The molecule has 1 aromatic rings. The minimum absolute atomic E-state index is 0.00690. The molecule has 0 aliphatic carbocycles. The summed E-state index contributed by atoms with van der Waals surface area (Å²) in [4.78, 5) is 0.00690. The van der Waals surface area contributed by atoms with E-state index in [0.717, 1.165) is 0 Å². The number of halogens is 2. The topological polar surface area (TPSA) is 58.4 Å². The van der Waals surface area contributed by atoms with Gasteiger partial charge in [-0.1, -0.05) is 23.2 Å². The third kappa shape index (κ3) is 2.40. The Hall–Kier alpha value is -0.980. The SMILES string of the molecule is COc1c(S(=O)(=O)[N+]2=C(C)NCC2)ccc(Cl)c1Cl. The number of amidine groups is 1. The van der Waals surface area contributed by atoms with Gasteiger partial charge in [0.2, 0.25) is 0 Å². The summed E-state index contributed by atoms with van der Waals surface area (Å²) in [6.45, 7) is 2.65. The zero-order chi connectivity index (χ0) is 14.2. The molecule has 0 aromatic heterocycles. The molecule has 1 N–H and O–H groups in total. The lowest BCUT2D eigenvalue weighted by molar-refractivity contribution is -0.353. The number of hydrogen-bond donors (Lipinski definition) is 1. The molecule has 0 radical (unpaired) electrons. The summed E-state index contributed by atoms with van der Waals surface area (Å²) in [5, 5.41) is 3.31. The van der Waals surface area contributed by atoms with Gasteiger partial charge in [-0.2, -0.15) is 8.42 Å². The predicted molar refractivity (Wildman–Crippen MR) is 74.0 cm³/mol. The minimum atomic E-state index is -3.70. The number of ether oxygens (including phenoxy) is 1. The van der Waals surface area contributed by atoms with Gasteiger partial charge in [-0.05, 0) is 12.1 Å². The van der Waals surface area contributed by atoms with Crippen molar-refractivity contribution >= 4 is 39.1 Å². The second-order valence-corrected chi connectivity index (χ2v) is 6.60.